The van der Waals surface area contributed by atoms with Crippen molar-refractivity contribution in [1.82, 2.24) is 0 Å². The fraction of sp³-hybridized carbons (Fsp3) is 0.200. The van der Waals surface area contributed by atoms with E-state index in [1.807, 2.05) is 24.3 Å². The van der Waals surface area contributed by atoms with Crippen LogP contribution in [-0.4, -0.2) is 39.5 Å². The summed E-state index contributed by atoms with van der Waals surface area (Å²) in [7, 11) is 2.50. The molecule has 0 aromatic heterocycles. The molecule has 0 saturated carbocycles. The minimum absolute atomic E-state index is 0.0416. The summed E-state index contributed by atoms with van der Waals surface area (Å²) < 4.78 is 15.2. The van der Waals surface area contributed by atoms with Gasteiger partial charge in [-0.25, -0.2) is 9.59 Å². The standard InChI is InChI=1S/C20H17Cl2NO5/c1-26-19(24)15-10-28-11-23(18(15)20(25)27-2)14-5-3-4-12(8-14)13-6-7-16(21)17(22)9-13/h3-9H,10-11H2,1-2H3. The molecule has 1 aliphatic rings. The van der Waals surface area contributed by atoms with Gasteiger partial charge in [-0.3, -0.25) is 0 Å². The third-order valence-corrected chi connectivity index (χ3v) is 4.98. The molecule has 3 rings (SSSR count). The minimum Gasteiger partial charge on any atom is -0.466 e. The van der Waals surface area contributed by atoms with Crippen LogP contribution in [0.1, 0.15) is 0 Å². The zero-order chi connectivity index (χ0) is 20.3. The second-order valence-electron chi connectivity index (χ2n) is 5.90. The average Bonchev–Trinajstić information content (AvgIpc) is 2.74. The number of carbonyl (C=O) groups excluding carboxylic acids is 2. The Morgan fingerprint density at radius 3 is 2.36 bits per heavy atom. The normalized spacial score (nSPS) is 14.1. The van der Waals surface area contributed by atoms with Gasteiger partial charge in [-0.2, -0.15) is 0 Å². The van der Waals surface area contributed by atoms with Gasteiger partial charge < -0.3 is 19.1 Å². The van der Waals surface area contributed by atoms with E-state index in [-0.39, 0.29) is 24.6 Å². The maximum atomic E-state index is 12.4. The molecule has 0 saturated heterocycles. The number of hydrogen-bond donors (Lipinski definition) is 0. The first-order valence-corrected chi connectivity index (χ1v) is 9.02. The van der Waals surface area contributed by atoms with Crippen LogP contribution in [0, 0.1) is 0 Å². The van der Waals surface area contributed by atoms with Gasteiger partial charge in [-0.1, -0.05) is 41.4 Å². The summed E-state index contributed by atoms with van der Waals surface area (Å²) in [5, 5.41) is 0.902. The summed E-state index contributed by atoms with van der Waals surface area (Å²) in [6.07, 6.45) is 0. The lowest BCUT2D eigenvalue weighted by molar-refractivity contribution is -0.140. The third kappa shape index (κ3) is 3.99. The molecule has 0 spiro atoms. The number of carbonyl (C=O) groups is 2. The Morgan fingerprint density at radius 2 is 1.68 bits per heavy atom. The zero-order valence-corrected chi connectivity index (χ0v) is 16.7. The molecular formula is C20H17Cl2NO5. The lowest BCUT2D eigenvalue weighted by Crippen LogP contribution is -2.38. The first-order chi connectivity index (χ1) is 13.5. The van der Waals surface area contributed by atoms with E-state index in [1.165, 1.54) is 14.2 Å². The number of methoxy groups -OCH3 is 2. The average molecular weight is 422 g/mol. The van der Waals surface area contributed by atoms with Crippen LogP contribution in [0.4, 0.5) is 5.69 Å². The van der Waals surface area contributed by atoms with Crippen LogP contribution < -0.4 is 4.90 Å². The molecular weight excluding hydrogens is 405 g/mol. The maximum Gasteiger partial charge on any atom is 0.355 e. The van der Waals surface area contributed by atoms with Crippen LogP contribution in [0.3, 0.4) is 0 Å². The van der Waals surface area contributed by atoms with Gasteiger partial charge in [0, 0.05) is 5.69 Å². The van der Waals surface area contributed by atoms with Crippen molar-refractivity contribution < 1.29 is 23.8 Å². The van der Waals surface area contributed by atoms with Crippen molar-refractivity contribution in [2.75, 3.05) is 32.5 Å². The van der Waals surface area contributed by atoms with Crippen molar-refractivity contribution in [3.8, 4) is 11.1 Å². The molecule has 0 radical (unpaired) electrons. The van der Waals surface area contributed by atoms with Crippen molar-refractivity contribution in [2.45, 2.75) is 0 Å². The van der Waals surface area contributed by atoms with Gasteiger partial charge in [-0.05, 0) is 35.4 Å². The number of rotatable bonds is 4. The summed E-state index contributed by atoms with van der Waals surface area (Å²) in [5.74, 6) is -1.30. The lowest BCUT2D eigenvalue weighted by atomic mass is 10.0. The summed E-state index contributed by atoms with van der Waals surface area (Å²) in [5.41, 5.74) is 2.54. The van der Waals surface area contributed by atoms with E-state index in [1.54, 1.807) is 23.1 Å². The highest BCUT2D eigenvalue weighted by molar-refractivity contribution is 6.42. The van der Waals surface area contributed by atoms with Gasteiger partial charge in [0.15, 0.2) is 0 Å². The van der Waals surface area contributed by atoms with Crippen LogP contribution in [0.25, 0.3) is 11.1 Å². The number of nitrogens with zero attached hydrogens (tertiary/aromatic N) is 1. The molecule has 2 aromatic carbocycles. The van der Waals surface area contributed by atoms with Crippen LogP contribution in [0.15, 0.2) is 53.7 Å². The molecule has 0 bridgehead atoms. The van der Waals surface area contributed by atoms with Crippen molar-refractivity contribution in [1.29, 1.82) is 0 Å². The van der Waals surface area contributed by atoms with E-state index in [2.05, 4.69) is 0 Å². The van der Waals surface area contributed by atoms with E-state index >= 15 is 0 Å². The first-order valence-electron chi connectivity index (χ1n) is 8.26. The summed E-state index contributed by atoms with van der Waals surface area (Å²) >= 11 is 12.1. The molecule has 1 aliphatic heterocycles. The third-order valence-electron chi connectivity index (χ3n) is 4.24. The molecule has 0 amide bonds. The minimum atomic E-state index is -0.649. The van der Waals surface area contributed by atoms with Gasteiger partial charge in [0.1, 0.15) is 12.4 Å². The van der Waals surface area contributed by atoms with E-state index in [0.29, 0.717) is 15.7 Å². The summed E-state index contributed by atoms with van der Waals surface area (Å²) in [6, 6.07) is 12.7. The Morgan fingerprint density at radius 1 is 0.964 bits per heavy atom. The van der Waals surface area contributed by atoms with Crippen molar-refractivity contribution in [2.24, 2.45) is 0 Å². The lowest BCUT2D eigenvalue weighted by Gasteiger charge is -2.31. The monoisotopic (exact) mass is 421 g/mol. The van der Waals surface area contributed by atoms with Gasteiger partial charge in [0.2, 0.25) is 0 Å². The Balaban J connectivity index is 2.07. The van der Waals surface area contributed by atoms with E-state index in [9.17, 15) is 9.59 Å². The molecule has 146 valence electrons. The Kier molecular flexibility index (Phi) is 6.24. The first kappa shape index (κ1) is 20.2. The molecule has 6 nitrogen and oxygen atoms in total. The molecule has 8 heteroatoms. The second kappa shape index (κ2) is 8.65. The molecule has 0 aliphatic carbocycles. The Hall–Kier alpha value is -2.54. The fourth-order valence-corrected chi connectivity index (χ4v) is 3.17. The van der Waals surface area contributed by atoms with Crippen molar-refractivity contribution in [3.05, 3.63) is 63.8 Å². The van der Waals surface area contributed by atoms with Crippen LogP contribution in [0.2, 0.25) is 10.0 Å². The number of ether oxygens (including phenoxy) is 3. The number of anilines is 1. The molecule has 0 N–H and O–H groups in total. The Bertz CT molecular complexity index is 957. The Labute approximate surface area is 172 Å². The number of halogens is 2. The van der Waals surface area contributed by atoms with Crippen LogP contribution in [-0.2, 0) is 23.8 Å². The molecule has 28 heavy (non-hydrogen) atoms. The SMILES string of the molecule is COC(=O)C1=C(C(=O)OC)N(c2cccc(-c3ccc(Cl)c(Cl)c3)c2)COC1. The topological polar surface area (TPSA) is 65.1 Å². The van der Waals surface area contributed by atoms with Crippen LogP contribution in [0.5, 0.6) is 0 Å². The molecule has 0 unspecified atom stereocenters. The highest BCUT2D eigenvalue weighted by Crippen LogP contribution is 2.33. The van der Waals surface area contributed by atoms with E-state index in [0.717, 1.165) is 11.1 Å². The largest absolute Gasteiger partial charge is 0.466 e. The van der Waals surface area contributed by atoms with Gasteiger partial charge in [0.25, 0.3) is 0 Å². The fourth-order valence-electron chi connectivity index (χ4n) is 2.88. The smallest absolute Gasteiger partial charge is 0.355 e. The molecule has 0 atom stereocenters. The predicted molar refractivity (Wildman–Crippen MR) is 106 cm³/mol. The summed E-state index contributed by atoms with van der Waals surface area (Å²) in [6.45, 7) is 0.0375. The predicted octanol–water partition coefficient (Wildman–Crippen LogP) is 4.05. The van der Waals surface area contributed by atoms with Gasteiger partial charge >= 0.3 is 11.9 Å². The van der Waals surface area contributed by atoms with Gasteiger partial charge in [0.05, 0.1) is 36.4 Å². The molecule has 0 fully saturated rings. The zero-order valence-electron chi connectivity index (χ0n) is 15.2. The quantitative estimate of drug-likeness (QED) is 0.693. The molecule has 1 heterocycles. The number of esters is 2. The number of hydrogen-bond acceptors (Lipinski definition) is 6. The molecule has 2 aromatic rings. The van der Waals surface area contributed by atoms with E-state index < -0.39 is 11.9 Å². The summed E-state index contributed by atoms with van der Waals surface area (Å²) in [4.78, 5) is 26.1. The van der Waals surface area contributed by atoms with Crippen LogP contribution >= 0.6 is 23.2 Å². The maximum absolute atomic E-state index is 12.4. The van der Waals surface area contributed by atoms with E-state index in [4.69, 9.17) is 37.4 Å². The number of benzene rings is 2. The highest BCUT2D eigenvalue weighted by atomic mass is 35.5. The van der Waals surface area contributed by atoms with Crippen molar-refractivity contribution >= 4 is 40.8 Å². The second-order valence-corrected chi connectivity index (χ2v) is 6.71. The van der Waals surface area contributed by atoms with Gasteiger partial charge in [-0.15, -0.1) is 0 Å². The van der Waals surface area contributed by atoms with Crippen molar-refractivity contribution in [3.63, 3.8) is 0 Å². The highest BCUT2D eigenvalue weighted by Gasteiger charge is 2.32.